The number of nitrogens with zero attached hydrogens (tertiary/aromatic N) is 6. The van der Waals surface area contributed by atoms with E-state index < -0.39 is 0 Å². The van der Waals surface area contributed by atoms with E-state index in [4.69, 9.17) is 0 Å². The van der Waals surface area contributed by atoms with Gasteiger partial charge >= 0.3 is 0 Å². The van der Waals surface area contributed by atoms with Crippen molar-refractivity contribution in [3.05, 3.63) is 48.2 Å². The van der Waals surface area contributed by atoms with Gasteiger partial charge in [-0.2, -0.15) is 5.10 Å². The maximum Gasteiger partial charge on any atom is 0.224 e. The van der Waals surface area contributed by atoms with Gasteiger partial charge in [-0.3, -0.25) is 13.9 Å². The Kier molecular flexibility index (Phi) is 4.21. The first-order valence-corrected chi connectivity index (χ1v) is 8.78. The van der Waals surface area contributed by atoms with E-state index in [-0.39, 0.29) is 11.8 Å². The minimum Gasteiger partial charge on any atom is -0.342 e. The van der Waals surface area contributed by atoms with Crippen LogP contribution in [0.3, 0.4) is 0 Å². The molecule has 0 spiro atoms. The molecule has 1 aliphatic heterocycles. The number of hydrogen-bond donors (Lipinski definition) is 0. The average molecular weight is 338 g/mol. The fraction of sp³-hybridized carbons (Fsp3) is 0.444. The van der Waals surface area contributed by atoms with Crippen LogP contribution in [0.5, 0.6) is 0 Å². The Bertz CT molecular complexity index is 882. The number of carbonyl (C=O) groups excluding carboxylic acids is 1. The molecular formula is C18H22N6O. The maximum atomic E-state index is 12.6. The van der Waals surface area contributed by atoms with Gasteiger partial charge in [0.15, 0.2) is 5.65 Å². The van der Waals surface area contributed by atoms with Gasteiger partial charge in [-0.25, -0.2) is 0 Å². The van der Waals surface area contributed by atoms with Crippen molar-refractivity contribution in [2.24, 2.45) is 0 Å². The standard InChI is InChI=1S/C18H22N6O/c1-14-7-9-19-24(14)12-8-17(25)22-10-4-5-15(13-22)18-21-20-16-6-2-3-11-23(16)18/h2-3,6-7,9,11,15H,4-5,8,10,12-13H2,1H3/t15-/m0/s1. The van der Waals surface area contributed by atoms with E-state index in [0.717, 1.165) is 36.6 Å². The van der Waals surface area contributed by atoms with Crippen LogP contribution in [0.15, 0.2) is 36.7 Å². The third kappa shape index (κ3) is 3.14. The summed E-state index contributed by atoms with van der Waals surface area (Å²) in [5, 5.41) is 12.9. The number of amides is 1. The van der Waals surface area contributed by atoms with E-state index in [2.05, 4.69) is 15.3 Å². The van der Waals surface area contributed by atoms with Crippen molar-refractivity contribution in [3.8, 4) is 0 Å². The van der Waals surface area contributed by atoms with Gasteiger partial charge in [-0.15, -0.1) is 10.2 Å². The number of hydrogen-bond acceptors (Lipinski definition) is 4. The fourth-order valence-corrected chi connectivity index (χ4v) is 3.55. The van der Waals surface area contributed by atoms with Gasteiger partial charge < -0.3 is 4.90 Å². The molecule has 130 valence electrons. The molecule has 1 fully saturated rings. The molecule has 1 amide bonds. The van der Waals surface area contributed by atoms with Gasteiger partial charge in [0, 0.05) is 50.1 Å². The molecule has 3 aromatic heterocycles. The van der Waals surface area contributed by atoms with E-state index in [9.17, 15) is 4.79 Å². The first kappa shape index (κ1) is 15.8. The highest BCUT2D eigenvalue weighted by Gasteiger charge is 2.27. The highest BCUT2D eigenvalue weighted by atomic mass is 16.2. The Balaban J connectivity index is 1.44. The Morgan fingerprint density at radius 2 is 2.20 bits per heavy atom. The van der Waals surface area contributed by atoms with Gasteiger partial charge in [0.05, 0.1) is 0 Å². The molecule has 7 nitrogen and oxygen atoms in total. The topological polar surface area (TPSA) is 68.3 Å². The van der Waals surface area contributed by atoms with Crippen molar-refractivity contribution in [1.82, 2.24) is 29.3 Å². The fourth-order valence-electron chi connectivity index (χ4n) is 3.55. The normalized spacial score (nSPS) is 18.0. The number of rotatable bonds is 4. The number of pyridine rings is 1. The molecule has 0 unspecified atom stereocenters. The number of fused-ring (bicyclic) bond motifs is 1. The molecule has 0 aromatic carbocycles. The van der Waals surface area contributed by atoms with Gasteiger partial charge in [0.25, 0.3) is 0 Å². The van der Waals surface area contributed by atoms with Crippen molar-refractivity contribution in [3.63, 3.8) is 0 Å². The maximum absolute atomic E-state index is 12.6. The zero-order chi connectivity index (χ0) is 17.2. The molecule has 0 N–H and O–H groups in total. The van der Waals surface area contributed by atoms with Crippen LogP contribution in [0.1, 0.15) is 36.7 Å². The lowest BCUT2D eigenvalue weighted by Crippen LogP contribution is -2.40. The van der Waals surface area contributed by atoms with Crippen molar-refractivity contribution < 1.29 is 4.79 Å². The minimum absolute atomic E-state index is 0.188. The molecular weight excluding hydrogens is 316 g/mol. The van der Waals surface area contributed by atoms with Crippen LogP contribution in [-0.2, 0) is 11.3 Å². The molecule has 1 atom stereocenters. The zero-order valence-corrected chi connectivity index (χ0v) is 14.4. The molecule has 3 aromatic rings. The molecule has 0 saturated carbocycles. The first-order chi connectivity index (χ1) is 12.2. The summed E-state index contributed by atoms with van der Waals surface area (Å²) >= 11 is 0. The summed E-state index contributed by atoms with van der Waals surface area (Å²) < 4.78 is 3.91. The van der Waals surface area contributed by atoms with Gasteiger partial charge in [-0.05, 0) is 38.0 Å². The highest BCUT2D eigenvalue weighted by Crippen LogP contribution is 2.26. The van der Waals surface area contributed by atoms with Crippen molar-refractivity contribution >= 4 is 11.6 Å². The van der Waals surface area contributed by atoms with E-state index >= 15 is 0 Å². The van der Waals surface area contributed by atoms with Crippen molar-refractivity contribution in [2.45, 2.75) is 38.6 Å². The van der Waals surface area contributed by atoms with Crippen LogP contribution in [0.4, 0.5) is 0 Å². The molecule has 1 aliphatic rings. The summed E-state index contributed by atoms with van der Waals surface area (Å²) in [4.78, 5) is 14.6. The molecule has 25 heavy (non-hydrogen) atoms. The third-order valence-corrected chi connectivity index (χ3v) is 4.95. The number of aromatic nitrogens is 5. The molecule has 1 saturated heterocycles. The Labute approximate surface area is 146 Å². The molecule has 4 heterocycles. The highest BCUT2D eigenvalue weighted by molar-refractivity contribution is 5.76. The molecule has 4 rings (SSSR count). The van der Waals surface area contributed by atoms with Crippen LogP contribution < -0.4 is 0 Å². The molecule has 0 aliphatic carbocycles. The van der Waals surface area contributed by atoms with E-state index in [0.29, 0.717) is 19.5 Å². The summed E-state index contributed by atoms with van der Waals surface area (Å²) in [7, 11) is 0. The lowest BCUT2D eigenvalue weighted by molar-refractivity contribution is -0.132. The molecule has 7 heteroatoms. The Morgan fingerprint density at radius 1 is 1.28 bits per heavy atom. The van der Waals surface area contributed by atoms with E-state index in [1.165, 1.54) is 0 Å². The summed E-state index contributed by atoms with van der Waals surface area (Å²) in [5.74, 6) is 1.38. The minimum atomic E-state index is 0.188. The first-order valence-electron chi connectivity index (χ1n) is 8.78. The zero-order valence-electron chi connectivity index (χ0n) is 14.4. The third-order valence-electron chi connectivity index (χ3n) is 4.95. The quantitative estimate of drug-likeness (QED) is 0.730. The van der Waals surface area contributed by atoms with Crippen LogP contribution in [0, 0.1) is 6.92 Å². The summed E-state index contributed by atoms with van der Waals surface area (Å²) in [6.45, 7) is 4.17. The SMILES string of the molecule is Cc1ccnn1CCC(=O)N1CCC[C@H](c2nnc3ccccn23)C1. The van der Waals surface area contributed by atoms with E-state index in [1.807, 2.05) is 51.4 Å². The van der Waals surface area contributed by atoms with Crippen LogP contribution in [0.2, 0.25) is 0 Å². The largest absolute Gasteiger partial charge is 0.342 e. The number of carbonyl (C=O) groups is 1. The van der Waals surface area contributed by atoms with Crippen LogP contribution in [-0.4, -0.2) is 48.3 Å². The molecule has 0 bridgehead atoms. The van der Waals surface area contributed by atoms with Gasteiger partial charge in [0.2, 0.25) is 5.91 Å². The lowest BCUT2D eigenvalue weighted by Gasteiger charge is -2.32. The Hall–Kier alpha value is -2.70. The average Bonchev–Trinajstić information content (AvgIpc) is 3.26. The van der Waals surface area contributed by atoms with Crippen molar-refractivity contribution in [1.29, 1.82) is 0 Å². The summed E-state index contributed by atoms with van der Waals surface area (Å²) in [6, 6.07) is 7.85. The van der Waals surface area contributed by atoms with Gasteiger partial charge in [0.1, 0.15) is 5.82 Å². The summed E-state index contributed by atoms with van der Waals surface area (Å²) in [5.41, 5.74) is 1.94. The van der Waals surface area contributed by atoms with Gasteiger partial charge in [-0.1, -0.05) is 6.07 Å². The second-order valence-electron chi connectivity index (χ2n) is 6.61. The Morgan fingerprint density at radius 3 is 3.04 bits per heavy atom. The number of aryl methyl sites for hydroxylation is 2. The summed E-state index contributed by atoms with van der Waals surface area (Å²) in [6.07, 6.45) is 6.28. The van der Waals surface area contributed by atoms with Crippen molar-refractivity contribution in [2.75, 3.05) is 13.1 Å². The van der Waals surface area contributed by atoms with Crippen LogP contribution >= 0.6 is 0 Å². The second kappa shape index (κ2) is 6.66. The predicted octanol–water partition coefficient (Wildman–Crippen LogP) is 2.03. The van der Waals surface area contributed by atoms with Crippen LogP contribution in [0.25, 0.3) is 5.65 Å². The second-order valence-corrected chi connectivity index (χ2v) is 6.61. The number of likely N-dealkylation sites (tertiary alicyclic amines) is 1. The predicted molar refractivity (Wildman–Crippen MR) is 93.1 cm³/mol. The number of piperidine rings is 1. The lowest BCUT2D eigenvalue weighted by atomic mass is 9.97. The smallest absolute Gasteiger partial charge is 0.224 e. The van der Waals surface area contributed by atoms with E-state index in [1.54, 1.807) is 6.20 Å². The monoisotopic (exact) mass is 338 g/mol. The molecule has 0 radical (unpaired) electrons.